The Kier molecular flexibility index (Phi) is 2.35. The van der Waals surface area contributed by atoms with Crippen LogP contribution in [0.4, 0.5) is 8.78 Å². The minimum absolute atomic E-state index is 0.0506. The summed E-state index contributed by atoms with van der Waals surface area (Å²) in [4.78, 5) is 0. The molecular weight excluding hydrogens is 254 g/mol. The van der Waals surface area contributed by atoms with Crippen LogP contribution in [0.5, 0.6) is 0 Å². The zero-order chi connectivity index (χ0) is 12.4. The SMILES string of the molecule is CC(F)(F)COC1C2CC3C1OS(=O)(=O)C3C2. The van der Waals surface area contributed by atoms with Gasteiger partial charge in [-0.25, -0.2) is 8.78 Å². The highest BCUT2D eigenvalue weighted by molar-refractivity contribution is 7.87. The molecule has 2 bridgehead atoms. The topological polar surface area (TPSA) is 52.6 Å². The summed E-state index contributed by atoms with van der Waals surface area (Å²) in [5, 5.41) is -0.431. The van der Waals surface area contributed by atoms with Crippen molar-refractivity contribution in [2.75, 3.05) is 6.61 Å². The van der Waals surface area contributed by atoms with Crippen molar-refractivity contribution in [2.24, 2.45) is 11.8 Å². The van der Waals surface area contributed by atoms with Crippen molar-refractivity contribution in [1.82, 2.24) is 0 Å². The highest BCUT2D eigenvalue weighted by Gasteiger charge is 2.64. The Labute approximate surface area is 98.4 Å². The second-order valence-electron chi connectivity index (χ2n) is 5.33. The van der Waals surface area contributed by atoms with E-state index < -0.39 is 40.1 Å². The van der Waals surface area contributed by atoms with Crippen LogP contribution in [-0.4, -0.2) is 38.4 Å². The average Bonchev–Trinajstić information content (AvgIpc) is 2.73. The third kappa shape index (κ3) is 1.79. The lowest BCUT2D eigenvalue weighted by atomic mass is 9.94. The molecule has 1 aliphatic heterocycles. The molecule has 0 spiro atoms. The Balaban J connectivity index is 1.74. The number of hydrogen-bond donors (Lipinski definition) is 0. The Morgan fingerprint density at radius 3 is 2.76 bits per heavy atom. The number of halogens is 2. The first-order chi connectivity index (χ1) is 7.78. The van der Waals surface area contributed by atoms with E-state index in [9.17, 15) is 17.2 Å². The molecular formula is C10H14F2O4S. The second kappa shape index (κ2) is 3.39. The second-order valence-corrected chi connectivity index (χ2v) is 7.12. The Morgan fingerprint density at radius 1 is 1.41 bits per heavy atom. The molecule has 0 N–H and O–H groups in total. The van der Waals surface area contributed by atoms with E-state index in [1.807, 2.05) is 0 Å². The zero-order valence-corrected chi connectivity index (χ0v) is 10.1. The van der Waals surface area contributed by atoms with E-state index in [0.29, 0.717) is 12.8 Å². The third-order valence-electron chi connectivity index (χ3n) is 3.94. The van der Waals surface area contributed by atoms with Crippen LogP contribution in [0.2, 0.25) is 0 Å². The highest BCUT2D eigenvalue weighted by Crippen LogP contribution is 2.55. The fourth-order valence-corrected chi connectivity index (χ4v) is 5.24. The fourth-order valence-electron chi connectivity index (χ4n) is 3.35. The molecule has 0 radical (unpaired) electrons. The summed E-state index contributed by atoms with van der Waals surface area (Å²) in [5.41, 5.74) is 0. The highest BCUT2D eigenvalue weighted by atomic mass is 32.2. The van der Waals surface area contributed by atoms with Crippen molar-refractivity contribution in [3.05, 3.63) is 0 Å². The van der Waals surface area contributed by atoms with Crippen molar-refractivity contribution in [1.29, 1.82) is 0 Å². The molecule has 4 nitrogen and oxygen atoms in total. The van der Waals surface area contributed by atoms with Crippen molar-refractivity contribution >= 4 is 10.1 Å². The van der Waals surface area contributed by atoms with E-state index in [1.54, 1.807) is 0 Å². The molecule has 1 heterocycles. The fraction of sp³-hybridized carbons (Fsp3) is 1.00. The molecule has 3 fully saturated rings. The smallest absolute Gasteiger partial charge is 0.270 e. The molecule has 0 aromatic rings. The van der Waals surface area contributed by atoms with Crippen LogP contribution in [-0.2, 0) is 19.0 Å². The maximum atomic E-state index is 12.7. The summed E-state index contributed by atoms with van der Waals surface area (Å²) < 4.78 is 58.8. The van der Waals surface area contributed by atoms with Crippen molar-refractivity contribution in [3.8, 4) is 0 Å². The quantitative estimate of drug-likeness (QED) is 0.721. The van der Waals surface area contributed by atoms with Crippen LogP contribution in [0.25, 0.3) is 0 Å². The van der Waals surface area contributed by atoms with Gasteiger partial charge in [-0.05, 0) is 18.8 Å². The van der Waals surface area contributed by atoms with Crippen molar-refractivity contribution in [3.63, 3.8) is 0 Å². The van der Waals surface area contributed by atoms with Crippen LogP contribution >= 0.6 is 0 Å². The minimum atomic E-state index is -3.49. The van der Waals surface area contributed by atoms with Gasteiger partial charge in [0.25, 0.3) is 16.0 Å². The van der Waals surface area contributed by atoms with Gasteiger partial charge in [0, 0.05) is 12.8 Å². The normalized spacial score (nSPS) is 46.6. The molecule has 0 aromatic heterocycles. The molecule has 3 aliphatic rings. The molecule has 2 aliphatic carbocycles. The standard InChI is InChI=1S/C10H14F2O4S/c1-10(11,12)4-15-8-5-2-6-7(3-5)17(13,14)16-9(6)8/h5-9H,2-4H2,1H3. The summed E-state index contributed by atoms with van der Waals surface area (Å²) in [7, 11) is -3.49. The van der Waals surface area contributed by atoms with Crippen molar-refractivity contribution in [2.45, 2.75) is 43.1 Å². The van der Waals surface area contributed by atoms with Gasteiger partial charge in [-0.15, -0.1) is 0 Å². The van der Waals surface area contributed by atoms with Crippen LogP contribution in [0.15, 0.2) is 0 Å². The van der Waals surface area contributed by atoms with Crippen LogP contribution in [0.1, 0.15) is 19.8 Å². The lowest BCUT2D eigenvalue weighted by Gasteiger charge is -2.26. The monoisotopic (exact) mass is 268 g/mol. The van der Waals surface area contributed by atoms with Gasteiger partial charge in [-0.2, -0.15) is 8.42 Å². The van der Waals surface area contributed by atoms with Crippen LogP contribution < -0.4 is 0 Å². The van der Waals surface area contributed by atoms with Crippen molar-refractivity contribution < 1.29 is 26.1 Å². The number of rotatable bonds is 3. The first-order valence-electron chi connectivity index (χ1n) is 5.69. The first kappa shape index (κ1) is 11.8. The number of ether oxygens (including phenoxy) is 1. The van der Waals surface area contributed by atoms with Gasteiger partial charge in [0.1, 0.15) is 12.7 Å². The summed E-state index contributed by atoms with van der Waals surface area (Å²) in [6.07, 6.45) is 0.184. The molecule has 17 heavy (non-hydrogen) atoms. The molecule has 0 amide bonds. The molecule has 3 rings (SSSR count). The van der Waals surface area contributed by atoms with Gasteiger partial charge in [0.05, 0.1) is 11.4 Å². The van der Waals surface area contributed by atoms with E-state index in [4.69, 9.17) is 8.92 Å². The van der Waals surface area contributed by atoms with Gasteiger partial charge < -0.3 is 4.74 Å². The van der Waals surface area contributed by atoms with E-state index in [-0.39, 0.29) is 11.8 Å². The largest absolute Gasteiger partial charge is 0.369 e. The molecule has 7 heteroatoms. The van der Waals surface area contributed by atoms with Crippen LogP contribution in [0, 0.1) is 11.8 Å². The Bertz CT molecular complexity index is 430. The molecule has 2 saturated carbocycles. The summed E-state index contributed by atoms with van der Waals surface area (Å²) >= 11 is 0. The first-order valence-corrected chi connectivity index (χ1v) is 7.17. The maximum Gasteiger partial charge on any atom is 0.270 e. The van der Waals surface area contributed by atoms with E-state index in [2.05, 4.69) is 0 Å². The number of alkyl halides is 2. The van der Waals surface area contributed by atoms with Crippen LogP contribution in [0.3, 0.4) is 0 Å². The van der Waals surface area contributed by atoms with Gasteiger partial charge in [-0.3, -0.25) is 4.18 Å². The zero-order valence-electron chi connectivity index (χ0n) is 9.31. The van der Waals surface area contributed by atoms with E-state index in [0.717, 1.165) is 6.92 Å². The predicted octanol–water partition coefficient (Wildman–Crippen LogP) is 1.16. The van der Waals surface area contributed by atoms with Gasteiger partial charge in [0.15, 0.2) is 0 Å². The van der Waals surface area contributed by atoms with Gasteiger partial charge in [-0.1, -0.05) is 0 Å². The minimum Gasteiger partial charge on any atom is -0.369 e. The third-order valence-corrected chi connectivity index (χ3v) is 5.72. The summed E-state index contributed by atoms with van der Waals surface area (Å²) in [6, 6.07) is 0. The Hall–Kier alpha value is -0.270. The molecule has 5 unspecified atom stereocenters. The molecule has 0 aromatic carbocycles. The molecule has 98 valence electrons. The van der Waals surface area contributed by atoms with E-state index in [1.165, 1.54) is 0 Å². The number of fused-ring (bicyclic) bond motifs is 1. The summed E-state index contributed by atoms with van der Waals surface area (Å²) in [6.45, 7) is 0.112. The lowest BCUT2D eigenvalue weighted by Crippen LogP contribution is -2.38. The van der Waals surface area contributed by atoms with E-state index >= 15 is 0 Å². The molecule has 1 saturated heterocycles. The molecule has 5 atom stereocenters. The van der Waals surface area contributed by atoms with Gasteiger partial charge in [0.2, 0.25) is 0 Å². The maximum absolute atomic E-state index is 12.7. The predicted molar refractivity (Wildman–Crippen MR) is 54.2 cm³/mol. The lowest BCUT2D eigenvalue weighted by molar-refractivity contribution is -0.117. The summed E-state index contributed by atoms with van der Waals surface area (Å²) in [5.74, 6) is -2.89. The Morgan fingerprint density at radius 2 is 2.12 bits per heavy atom. The average molecular weight is 268 g/mol. The van der Waals surface area contributed by atoms with Gasteiger partial charge >= 0.3 is 0 Å². The number of hydrogen-bond acceptors (Lipinski definition) is 4.